The summed E-state index contributed by atoms with van der Waals surface area (Å²) in [5.41, 5.74) is 5.48. The van der Waals surface area contributed by atoms with Crippen LogP contribution in [0, 0.1) is 5.82 Å². The maximum absolute atomic E-state index is 12.9. The standard InChI is InChI=1S/C18H15ClFN3O4/c19-12-3-6-15-14(8-12)23(18(26)10-27-15)9-17(25)22-21-16(24)7-11-1-4-13(20)5-2-11/h1-6,8H,7,9-10H2,(H,21,24)(H,22,25). The SMILES string of the molecule is O=C(Cc1ccc(F)cc1)NNC(=O)CN1C(=O)COc2ccc(Cl)cc21. The van der Waals surface area contributed by atoms with E-state index in [1.807, 2.05) is 0 Å². The summed E-state index contributed by atoms with van der Waals surface area (Å²) in [7, 11) is 0. The lowest BCUT2D eigenvalue weighted by Crippen LogP contribution is -2.50. The lowest BCUT2D eigenvalue weighted by atomic mass is 10.1. The fourth-order valence-corrected chi connectivity index (χ4v) is 2.67. The second kappa shape index (κ2) is 8.05. The lowest BCUT2D eigenvalue weighted by molar-refractivity contribution is -0.129. The fraction of sp³-hybridized carbons (Fsp3) is 0.167. The molecular formula is C18H15ClFN3O4. The minimum Gasteiger partial charge on any atom is -0.482 e. The molecule has 0 bridgehead atoms. The number of ether oxygens (including phenoxy) is 1. The Morgan fingerprint density at radius 2 is 1.81 bits per heavy atom. The molecule has 0 aromatic heterocycles. The van der Waals surface area contributed by atoms with E-state index < -0.39 is 23.5 Å². The summed E-state index contributed by atoms with van der Waals surface area (Å²) >= 11 is 5.94. The van der Waals surface area contributed by atoms with E-state index >= 15 is 0 Å². The first-order valence-corrected chi connectivity index (χ1v) is 8.35. The normalized spacial score (nSPS) is 12.8. The van der Waals surface area contributed by atoms with Crippen molar-refractivity contribution in [1.29, 1.82) is 0 Å². The molecule has 0 aliphatic carbocycles. The fourth-order valence-electron chi connectivity index (χ4n) is 2.50. The molecule has 9 heteroatoms. The Bertz CT molecular complexity index is 889. The van der Waals surface area contributed by atoms with E-state index in [-0.39, 0.29) is 19.6 Å². The van der Waals surface area contributed by atoms with E-state index in [9.17, 15) is 18.8 Å². The molecule has 0 saturated carbocycles. The Hall–Kier alpha value is -3.13. The van der Waals surface area contributed by atoms with Crippen molar-refractivity contribution in [3.8, 4) is 5.75 Å². The van der Waals surface area contributed by atoms with Gasteiger partial charge < -0.3 is 4.74 Å². The predicted molar refractivity (Wildman–Crippen MR) is 95.7 cm³/mol. The maximum atomic E-state index is 12.9. The Morgan fingerprint density at radius 3 is 2.56 bits per heavy atom. The van der Waals surface area contributed by atoms with Crippen LogP contribution in [0.5, 0.6) is 5.75 Å². The van der Waals surface area contributed by atoms with Crippen molar-refractivity contribution in [2.75, 3.05) is 18.1 Å². The van der Waals surface area contributed by atoms with Gasteiger partial charge in [-0.25, -0.2) is 4.39 Å². The zero-order chi connectivity index (χ0) is 19.4. The number of nitrogens with one attached hydrogen (secondary N) is 2. The van der Waals surface area contributed by atoms with Gasteiger partial charge in [0.05, 0.1) is 12.1 Å². The number of hydrogen-bond acceptors (Lipinski definition) is 4. The molecule has 3 amide bonds. The second-order valence-corrected chi connectivity index (χ2v) is 6.22. The van der Waals surface area contributed by atoms with Crippen LogP contribution in [0.3, 0.4) is 0 Å². The molecule has 0 fully saturated rings. The summed E-state index contributed by atoms with van der Waals surface area (Å²) in [6.07, 6.45) is -0.0323. The average molecular weight is 392 g/mol. The summed E-state index contributed by atoms with van der Waals surface area (Å²) in [4.78, 5) is 37.3. The van der Waals surface area contributed by atoms with Crippen molar-refractivity contribution in [2.45, 2.75) is 6.42 Å². The maximum Gasteiger partial charge on any atom is 0.265 e. The van der Waals surface area contributed by atoms with E-state index in [0.29, 0.717) is 22.0 Å². The Labute approximate surface area is 159 Å². The molecule has 7 nitrogen and oxygen atoms in total. The predicted octanol–water partition coefficient (Wildman–Crippen LogP) is 1.59. The molecule has 0 spiro atoms. The molecule has 2 aromatic carbocycles. The van der Waals surface area contributed by atoms with Crippen LogP contribution in [0.2, 0.25) is 5.02 Å². The number of anilines is 1. The van der Waals surface area contributed by atoms with Gasteiger partial charge in [0.1, 0.15) is 18.1 Å². The second-order valence-electron chi connectivity index (χ2n) is 5.78. The molecule has 1 heterocycles. The zero-order valence-corrected chi connectivity index (χ0v) is 14.8. The van der Waals surface area contributed by atoms with Gasteiger partial charge in [0, 0.05) is 5.02 Å². The third-order valence-electron chi connectivity index (χ3n) is 3.78. The minimum absolute atomic E-state index is 0.0323. The lowest BCUT2D eigenvalue weighted by Gasteiger charge is -2.28. The number of halogens is 2. The van der Waals surface area contributed by atoms with Gasteiger partial charge >= 0.3 is 0 Å². The average Bonchev–Trinajstić information content (AvgIpc) is 2.64. The van der Waals surface area contributed by atoms with Crippen LogP contribution in [0.25, 0.3) is 0 Å². The van der Waals surface area contributed by atoms with Gasteiger partial charge in [-0.2, -0.15) is 0 Å². The van der Waals surface area contributed by atoms with Gasteiger partial charge in [-0.1, -0.05) is 23.7 Å². The van der Waals surface area contributed by atoms with Crippen molar-refractivity contribution in [1.82, 2.24) is 10.9 Å². The Kier molecular flexibility index (Phi) is 5.56. The van der Waals surface area contributed by atoms with Crippen molar-refractivity contribution in [3.63, 3.8) is 0 Å². The van der Waals surface area contributed by atoms with Crippen LogP contribution in [-0.2, 0) is 20.8 Å². The minimum atomic E-state index is -0.594. The summed E-state index contributed by atoms with van der Waals surface area (Å²) in [5, 5.41) is 0.394. The van der Waals surface area contributed by atoms with Crippen LogP contribution >= 0.6 is 11.6 Å². The smallest absolute Gasteiger partial charge is 0.265 e. The molecule has 3 rings (SSSR count). The number of fused-ring (bicyclic) bond motifs is 1. The topological polar surface area (TPSA) is 87.7 Å². The third kappa shape index (κ3) is 4.73. The Morgan fingerprint density at radius 1 is 1.11 bits per heavy atom. The van der Waals surface area contributed by atoms with Crippen LogP contribution in [0.1, 0.15) is 5.56 Å². The van der Waals surface area contributed by atoms with E-state index in [4.69, 9.17) is 16.3 Å². The van der Waals surface area contributed by atoms with Crippen LogP contribution in [-0.4, -0.2) is 30.9 Å². The van der Waals surface area contributed by atoms with Crippen molar-refractivity contribution < 1.29 is 23.5 Å². The van der Waals surface area contributed by atoms with Gasteiger partial charge in [0.25, 0.3) is 11.8 Å². The number of amides is 3. The number of rotatable bonds is 4. The molecule has 2 aromatic rings. The first-order valence-electron chi connectivity index (χ1n) is 7.97. The van der Waals surface area contributed by atoms with Crippen molar-refractivity contribution in [3.05, 3.63) is 58.9 Å². The quantitative estimate of drug-likeness (QED) is 0.775. The van der Waals surface area contributed by atoms with Gasteiger partial charge in [-0.3, -0.25) is 30.1 Å². The molecule has 0 unspecified atom stereocenters. The van der Waals surface area contributed by atoms with Gasteiger partial charge in [-0.15, -0.1) is 0 Å². The molecule has 0 saturated heterocycles. The third-order valence-corrected chi connectivity index (χ3v) is 4.02. The van der Waals surface area contributed by atoms with Gasteiger partial charge in [0.2, 0.25) is 5.91 Å². The van der Waals surface area contributed by atoms with E-state index in [2.05, 4.69) is 10.9 Å². The number of hydrogen-bond donors (Lipinski definition) is 2. The summed E-state index contributed by atoms with van der Waals surface area (Å²) < 4.78 is 18.2. The van der Waals surface area contributed by atoms with Crippen LogP contribution < -0.4 is 20.5 Å². The highest BCUT2D eigenvalue weighted by Crippen LogP contribution is 2.34. The van der Waals surface area contributed by atoms with Gasteiger partial charge in [0.15, 0.2) is 6.61 Å². The number of benzene rings is 2. The first kappa shape index (κ1) is 18.7. The summed E-state index contributed by atoms with van der Waals surface area (Å²) in [5.74, 6) is -1.44. The van der Waals surface area contributed by atoms with Crippen LogP contribution in [0.15, 0.2) is 42.5 Å². The van der Waals surface area contributed by atoms with Crippen LogP contribution in [0.4, 0.5) is 10.1 Å². The molecule has 1 aliphatic rings. The van der Waals surface area contributed by atoms with Gasteiger partial charge in [-0.05, 0) is 35.9 Å². The van der Waals surface area contributed by atoms with E-state index in [0.717, 1.165) is 0 Å². The number of nitrogens with zero attached hydrogens (tertiary/aromatic N) is 1. The molecule has 0 atom stereocenters. The van der Waals surface area contributed by atoms with E-state index in [1.54, 1.807) is 12.1 Å². The highest BCUT2D eigenvalue weighted by molar-refractivity contribution is 6.31. The van der Waals surface area contributed by atoms with Crippen molar-refractivity contribution >= 4 is 35.0 Å². The highest BCUT2D eigenvalue weighted by atomic mass is 35.5. The number of hydrazine groups is 1. The zero-order valence-electron chi connectivity index (χ0n) is 14.0. The highest BCUT2D eigenvalue weighted by Gasteiger charge is 2.27. The molecule has 0 radical (unpaired) electrons. The number of carbonyl (C=O) groups is 3. The molecule has 1 aliphatic heterocycles. The molecular weight excluding hydrogens is 377 g/mol. The molecule has 2 N–H and O–H groups in total. The molecule has 27 heavy (non-hydrogen) atoms. The molecule has 140 valence electrons. The summed E-state index contributed by atoms with van der Waals surface area (Å²) in [6.45, 7) is -0.509. The number of carbonyl (C=O) groups excluding carboxylic acids is 3. The first-order chi connectivity index (χ1) is 12.9. The monoisotopic (exact) mass is 391 g/mol. The van der Waals surface area contributed by atoms with E-state index in [1.165, 1.54) is 35.2 Å². The summed E-state index contributed by atoms with van der Waals surface area (Å²) in [6, 6.07) is 10.2. The Balaban J connectivity index is 1.56. The largest absolute Gasteiger partial charge is 0.482 e. The van der Waals surface area contributed by atoms with Crippen molar-refractivity contribution in [2.24, 2.45) is 0 Å².